The van der Waals surface area contributed by atoms with Gasteiger partial charge in [-0.1, -0.05) is 0 Å². The molecule has 1 atom stereocenters. The summed E-state index contributed by atoms with van der Waals surface area (Å²) >= 11 is 3.29. The Kier molecular flexibility index (Phi) is 2.51. The Labute approximate surface area is 96.7 Å². The van der Waals surface area contributed by atoms with E-state index in [9.17, 15) is 4.39 Å². The van der Waals surface area contributed by atoms with Gasteiger partial charge >= 0.3 is 0 Å². The van der Waals surface area contributed by atoms with Gasteiger partial charge in [0.05, 0.1) is 4.47 Å². The molecule has 82 valence electrons. The van der Waals surface area contributed by atoms with Crippen molar-refractivity contribution in [3.8, 4) is 5.75 Å². The number of benzene rings is 1. The third-order valence-corrected chi connectivity index (χ3v) is 3.12. The van der Waals surface area contributed by atoms with Crippen molar-refractivity contribution < 1.29 is 9.13 Å². The lowest BCUT2D eigenvalue weighted by Gasteiger charge is -2.36. The van der Waals surface area contributed by atoms with Crippen LogP contribution in [-0.4, -0.2) is 5.60 Å². The molecule has 0 saturated carbocycles. The predicted molar refractivity (Wildman–Crippen MR) is 60.4 cm³/mol. The van der Waals surface area contributed by atoms with Crippen LogP contribution in [0.3, 0.4) is 0 Å². The first-order valence-corrected chi connectivity index (χ1v) is 5.62. The number of rotatable bonds is 0. The van der Waals surface area contributed by atoms with Gasteiger partial charge in [-0.05, 0) is 41.9 Å². The van der Waals surface area contributed by atoms with E-state index in [0.29, 0.717) is 16.6 Å². The number of hydrogen-bond donors (Lipinski definition) is 1. The highest BCUT2D eigenvalue weighted by atomic mass is 79.9. The van der Waals surface area contributed by atoms with Crippen molar-refractivity contribution in [3.63, 3.8) is 0 Å². The molecule has 1 aromatic rings. The molecular formula is C11H13BrFNO. The van der Waals surface area contributed by atoms with Gasteiger partial charge in [-0.15, -0.1) is 0 Å². The van der Waals surface area contributed by atoms with E-state index < -0.39 is 0 Å². The van der Waals surface area contributed by atoms with Crippen LogP contribution in [0.15, 0.2) is 16.6 Å². The Bertz CT molecular complexity index is 406. The van der Waals surface area contributed by atoms with Crippen LogP contribution < -0.4 is 10.5 Å². The van der Waals surface area contributed by atoms with Gasteiger partial charge in [-0.25, -0.2) is 4.39 Å². The van der Waals surface area contributed by atoms with E-state index in [1.54, 1.807) is 0 Å². The molecule has 0 spiro atoms. The fourth-order valence-electron chi connectivity index (χ4n) is 1.92. The minimum Gasteiger partial charge on any atom is -0.486 e. The average Bonchev–Trinajstić information content (AvgIpc) is 2.06. The van der Waals surface area contributed by atoms with Crippen LogP contribution in [0.4, 0.5) is 4.39 Å². The SMILES string of the molecule is CC1(C)CC(N)c2cc(F)cc(Br)c2O1. The van der Waals surface area contributed by atoms with Crippen LogP contribution in [-0.2, 0) is 0 Å². The second kappa shape index (κ2) is 3.46. The monoisotopic (exact) mass is 273 g/mol. The van der Waals surface area contributed by atoms with Gasteiger partial charge in [-0.2, -0.15) is 0 Å². The highest BCUT2D eigenvalue weighted by Crippen LogP contribution is 2.42. The molecule has 0 bridgehead atoms. The zero-order valence-corrected chi connectivity index (χ0v) is 10.3. The van der Waals surface area contributed by atoms with Crippen molar-refractivity contribution in [1.29, 1.82) is 0 Å². The molecule has 0 aliphatic carbocycles. The smallest absolute Gasteiger partial charge is 0.139 e. The molecule has 1 aliphatic heterocycles. The third-order valence-electron chi connectivity index (χ3n) is 2.53. The number of nitrogens with two attached hydrogens (primary N) is 1. The molecule has 2 rings (SSSR count). The molecule has 0 radical (unpaired) electrons. The Hall–Kier alpha value is -0.610. The Balaban J connectivity index is 2.55. The Morgan fingerprint density at radius 1 is 1.53 bits per heavy atom. The van der Waals surface area contributed by atoms with Crippen LogP contribution in [0.1, 0.15) is 31.9 Å². The van der Waals surface area contributed by atoms with Gasteiger partial charge in [0.2, 0.25) is 0 Å². The van der Waals surface area contributed by atoms with Crippen LogP contribution in [0.25, 0.3) is 0 Å². The van der Waals surface area contributed by atoms with Gasteiger partial charge in [0.1, 0.15) is 17.2 Å². The molecule has 0 aromatic heterocycles. The van der Waals surface area contributed by atoms with Gasteiger partial charge in [0, 0.05) is 18.0 Å². The molecule has 4 heteroatoms. The lowest BCUT2D eigenvalue weighted by molar-refractivity contribution is 0.0716. The van der Waals surface area contributed by atoms with Crippen molar-refractivity contribution in [2.75, 3.05) is 0 Å². The second-order valence-electron chi connectivity index (χ2n) is 4.48. The molecular weight excluding hydrogens is 261 g/mol. The lowest BCUT2D eigenvalue weighted by Crippen LogP contribution is -2.37. The fraction of sp³-hybridized carbons (Fsp3) is 0.455. The minimum atomic E-state index is -0.299. The summed E-state index contributed by atoms with van der Waals surface area (Å²) in [7, 11) is 0. The molecule has 15 heavy (non-hydrogen) atoms. The van der Waals surface area contributed by atoms with Crippen LogP contribution >= 0.6 is 15.9 Å². The van der Waals surface area contributed by atoms with E-state index in [0.717, 1.165) is 5.56 Å². The standard InChI is InChI=1S/C11H13BrFNO/c1-11(2)5-9(14)7-3-6(13)4-8(12)10(7)15-11/h3-4,9H,5,14H2,1-2H3. The Morgan fingerprint density at radius 2 is 2.20 bits per heavy atom. The zero-order chi connectivity index (χ0) is 11.2. The maximum atomic E-state index is 13.2. The topological polar surface area (TPSA) is 35.2 Å². The van der Waals surface area contributed by atoms with Crippen molar-refractivity contribution in [2.24, 2.45) is 5.73 Å². The number of ether oxygens (including phenoxy) is 1. The highest BCUT2D eigenvalue weighted by molar-refractivity contribution is 9.10. The largest absolute Gasteiger partial charge is 0.486 e. The molecule has 1 unspecified atom stereocenters. The van der Waals surface area contributed by atoms with E-state index in [2.05, 4.69) is 15.9 Å². The molecule has 0 fully saturated rings. The third kappa shape index (κ3) is 2.01. The van der Waals surface area contributed by atoms with E-state index >= 15 is 0 Å². The van der Waals surface area contributed by atoms with Crippen molar-refractivity contribution in [1.82, 2.24) is 0 Å². The second-order valence-corrected chi connectivity index (χ2v) is 5.33. The molecule has 2 N–H and O–H groups in total. The summed E-state index contributed by atoms with van der Waals surface area (Å²) in [6, 6.07) is 2.67. The van der Waals surface area contributed by atoms with Gasteiger partial charge < -0.3 is 10.5 Å². The Morgan fingerprint density at radius 3 is 2.87 bits per heavy atom. The summed E-state index contributed by atoms with van der Waals surface area (Å²) in [5, 5.41) is 0. The molecule has 0 saturated heterocycles. The van der Waals surface area contributed by atoms with Crippen LogP contribution in [0.2, 0.25) is 0 Å². The van der Waals surface area contributed by atoms with Crippen molar-refractivity contribution >= 4 is 15.9 Å². The minimum absolute atomic E-state index is 0.171. The summed E-state index contributed by atoms with van der Waals surface area (Å²) in [5.41, 5.74) is 6.43. The first-order chi connectivity index (χ1) is 6.89. The van der Waals surface area contributed by atoms with Gasteiger partial charge in [-0.3, -0.25) is 0 Å². The number of hydrogen-bond acceptors (Lipinski definition) is 2. The average molecular weight is 274 g/mol. The number of fused-ring (bicyclic) bond motifs is 1. The molecule has 0 amide bonds. The normalized spacial score (nSPS) is 23.1. The summed E-state index contributed by atoms with van der Waals surface area (Å²) in [4.78, 5) is 0. The molecule has 1 aromatic carbocycles. The molecule has 2 nitrogen and oxygen atoms in total. The lowest BCUT2D eigenvalue weighted by atomic mass is 9.90. The van der Waals surface area contributed by atoms with E-state index in [1.165, 1.54) is 12.1 Å². The highest BCUT2D eigenvalue weighted by Gasteiger charge is 2.33. The summed E-state index contributed by atoms with van der Waals surface area (Å²) in [6.07, 6.45) is 0.690. The first-order valence-electron chi connectivity index (χ1n) is 4.82. The predicted octanol–water partition coefficient (Wildman–Crippen LogP) is 3.15. The number of halogens is 2. The van der Waals surface area contributed by atoms with Crippen LogP contribution in [0, 0.1) is 5.82 Å². The fourth-order valence-corrected chi connectivity index (χ4v) is 2.45. The van der Waals surface area contributed by atoms with E-state index in [1.807, 2.05) is 13.8 Å². The van der Waals surface area contributed by atoms with E-state index in [-0.39, 0.29) is 17.5 Å². The maximum Gasteiger partial charge on any atom is 0.139 e. The first kappa shape index (κ1) is 10.9. The summed E-state index contributed by atoms with van der Waals surface area (Å²) in [5.74, 6) is 0.375. The van der Waals surface area contributed by atoms with Gasteiger partial charge in [0.15, 0.2) is 0 Å². The molecule has 1 aliphatic rings. The zero-order valence-electron chi connectivity index (χ0n) is 8.68. The van der Waals surface area contributed by atoms with Crippen molar-refractivity contribution in [2.45, 2.75) is 31.9 Å². The van der Waals surface area contributed by atoms with E-state index in [4.69, 9.17) is 10.5 Å². The van der Waals surface area contributed by atoms with Crippen LogP contribution in [0.5, 0.6) is 5.75 Å². The summed E-state index contributed by atoms with van der Waals surface area (Å²) < 4.78 is 19.6. The quantitative estimate of drug-likeness (QED) is 0.788. The van der Waals surface area contributed by atoms with Crippen molar-refractivity contribution in [3.05, 3.63) is 28.0 Å². The van der Waals surface area contributed by atoms with Gasteiger partial charge in [0.25, 0.3) is 0 Å². The maximum absolute atomic E-state index is 13.2. The summed E-state index contributed by atoms with van der Waals surface area (Å²) in [6.45, 7) is 3.96. The molecule has 1 heterocycles.